The van der Waals surface area contributed by atoms with E-state index in [9.17, 15) is 14.4 Å². The molecule has 172 valence electrons. The van der Waals surface area contributed by atoms with Gasteiger partial charge in [-0.15, -0.1) is 0 Å². The fourth-order valence-electron chi connectivity index (χ4n) is 4.25. The number of carbonyl (C=O) groups is 3. The van der Waals surface area contributed by atoms with Crippen LogP contribution in [0.4, 0.5) is 5.69 Å². The number of halogens is 1. The molecule has 0 spiro atoms. The molecule has 33 heavy (non-hydrogen) atoms. The second kappa shape index (κ2) is 10.1. The third-order valence-electron chi connectivity index (χ3n) is 6.04. The van der Waals surface area contributed by atoms with Crippen LogP contribution in [0.5, 0.6) is 5.75 Å². The number of anilines is 1. The van der Waals surface area contributed by atoms with Crippen molar-refractivity contribution < 1.29 is 19.1 Å². The van der Waals surface area contributed by atoms with E-state index >= 15 is 0 Å². The number of hydrogen-bond acceptors (Lipinski definition) is 5. The van der Waals surface area contributed by atoms with Crippen molar-refractivity contribution in [3.8, 4) is 5.75 Å². The van der Waals surface area contributed by atoms with Gasteiger partial charge in [0.1, 0.15) is 16.5 Å². The van der Waals surface area contributed by atoms with E-state index in [-0.39, 0.29) is 28.6 Å². The van der Waals surface area contributed by atoms with Crippen LogP contribution in [0.1, 0.15) is 48.0 Å². The van der Waals surface area contributed by atoms with Gasteiger partial charge in [-0.1, -0.05) is 55.1 Å². The zero-order chi connectivity index (χ0) is 23.4. The Kier molecular flexibility index (Phi) is 6.99. The van der Waals surface area contributed by atoms with Gasteiger partial charge in [-0.2, -0.15) is 0 Å². The molecule has 0 unspecified atom stereocenters. The molecule has 0 bridgehead atoms. The minimum Gasteiger partial charge on any atom is -0.495 e. The van der Waals surface area contributed by atoms with E-state index < -0.39 is 5.91 Å². The highest BCUT2D eigenvalue weighted by Gasteiger charge is 2.41. The van der Waals surface area contributed by atoms with Crippen LogP contribution >= 0.6 is 11.6 Å². The van der Waals surface area contributed by atoms with Gasteiger partial charge in [-0.05, 0) is 42.7 Å². The van der Waals surface area contributed by atoms with Crippen molar-refractivity contribution in [3.05, 3.63) is 70.4 Å². The summed E-state index contributed by atoms with van der Waals surface area (Å²) in [5.74, 6) is -0.455. The lowest BCUT2D eigenvalue weighted by Gasteiger charge is -2.29. The highest BCUT2D eigenvalue weighted by Crippen LogP contribution is 2.31. The quantitative estimate of drug-likeness (QED) is 0.596. The van der Waals surface area contributed by atoms with Crippen LogP contribution < -0.4 is 15.4 Å². The van der Waals surface area contributed by atoms with E-state index in [1.807, 2.05) is 12.1 Å². The fraction of sp³-hybridized carbons (Fsp3) is 0.320. The second-order valence-corrected chi connectivity index (χ2v) is 8.54. The lowest BCUT2D eigenvalue weighted by atomic mass is 9.94. The van der Waals surface area contributed by atoms with Crippen LogP contribution in [0.3, 0.4) is 0 Å². The molecular weight excluding hydrogens is 442 g/mol. The number of rotatable bonds is 7. The zero-order valence-corrected chi connectivity index (χ0v) is 19.2. The summed E-state index contributed by atoms with van der Waals surface area (Å²) >= 11 is 6.21. The van der Waals surface area contributed by atoms with Crippen molar-refractivity contribution in [2.75, 3.05) is 12.4 Å². The first-order valence-corrected chi connectivity index (χ1v) is 11.4. The molecule has 0 saturated heterocycles. The van der Waals surface area contributed by atoms with E-state index in [1.165, 1.54) is 4.90 Å². The monoisotopic (exact) mass is 467 g/mol. The predicted octanol–water partition coefficient (Wildman–Crippen LogP) is 4.19. The Hall–Kier alpha value is -3.32. The van der Waals surface area contributed by atoms with E-state index in [2.05, 4.69) is 10.6 Å². The van der Waals surface area contributed by atoms with Crippen LogP contribution in [0, 0.1) is 0 Å². The Labute approximate surface area is 197 Å². The number of methoxy groups -OCH3 is 1. The van der Waals surface area contributed by atoms with E-state index in [1.54, 1.807) is 43.5 Å². The minimum atomic E-state index is -0.417. The Morgan fingerprint density at radius 3 is 2.42 bits per heavy atom. The number of ether oxygens (including phenoxy) is 1. The predicted molar refractivity (Wildman–Crippen MR) is 126 cm³/mol. The van der Waals surface area contributed by atoms with Crippen molar-refractivity contribution in [1.82, 2.24) is 10.2 Å². The van der Waals surface area contributed by atoms with Gasteiger partial charge in [-0.25, -0.2) is 0 Å². The number of nitrogens with one attached hydrogen (secondary N) is 2. The lowest BCUT2D eigenvalue weighted by Crippen LogP contribution is -2.43. The maximum absolute atomic E-state index is 12.9. The number of para-hydroxylation sites is 2. The minimum absolute atomic E-state index is 0.0571. The Morgan fingerprint density at radius 2 is 1.73 bits per heavy atom. The molecule has 0 radical (unpaired) electrons. The van der Waals surface area contributed by atoms with Gasteiger partial charge >= 0.3 is 0 Å². The molecule has 4 rings (SSSR count). The molecule has 1 aliphatic heterocycles. The summed E-state index contributed by atoms with van der Waals surface area (Å²) in [4.78, 5) is 39.3. The van der Waals surface area contributed by atoms with Gasteiger partial charge in [0.25, 0.3) is 17.7 Å². The number of amides is 3. The second-order valence-electron chi connectivity index (χ2n) is 8.17. The zero-order valence-electron chi connectivity index (χ0n) is 18.4. The van der Waals surface area contributed by atoms with Crippen molar-refractivity contribution >= 4 is 35.0 Å². The van der Waals surface area contributed by atoms with Crippen molar-refractivity contribution in [2.24, 2.45) is 0 Å². The molecule has 0 aromatic heterocycles. The van der Waals surface area contributed by atoms with Gasteiger partial charge in [0, 0.05) is 18.2 Å². The lowest BCUT2D eigenvalue weighted by molar-refractivity contribution is -0.140. The molecule has 2 aromatic rings. The molecule has 8 heteroatoms. The van der Waals surface area contributed by atoms with Gasteiger partial charge in [-0.3, -0.25) is 19.3 Å². The first kappa shape index (κ1) is 22.9. The molecular formula is C25H26ClN3O4. The normalized spacial score (nSPS) is 16.8. The first-order valence-electron chi connectivity index (χ1n) is 11.0. The highest BCUT2D eigenvalue weighted by molar-refractivity contribution is 6.47. The molecule has 7 nitrogen and oxygen atoms in total. The van der Waals surface area contributed by atoms with Gasteiger partial charge < -0.3 is 15.4 Å². The molecule has 1 saturated carbocycles. The number of nitrogens with zero attached hydrogens (tertiary/aromatic N) is 1. The molecule has 2 N–H and O–H groups in total. The van der Waals surface area contributed by atoms with Crippen LogP contribution in [0.15, 0.2) is 59.3 Å². The third kappa shape index (κ3) is 4.88. The SMILES string of the molecule is COc1ccccc1NC(=O)c1ccc(CNC2=C(Cl)C(=O)N(C3CCCCC3)C2=O)cc1. The number of benzene rings is 2. The van der Waals surface area contributed by atoms with E-state index in [4.69, 9.17) is 16.3 Å². The maximum atomic E-state index is 12.9. The average molecular weight is 468 g/mol. The summed E-state index contributed by atoms with van der Waals surface area (Å²) in [7, 11) is 1.55. The van der Waals surface area contributed by atoms with Crippen LogP contribution in [-0.4, -0.2) is 35.8 Å². The molecule has 1 heterocycles. The molecule has 1 fully saturated rings. The summed E-state index contributed by atoms with van der Waals surface area (Å²) in [6.45, 7) is 0.303. The third-order valence-corrected chi connectivity index (χ3v) is 6.39. The molecule has 1 aliphatic carbocycles. The molecule has 2 aromatic carbocycles. The number of hydrogen-bond donors (Lipinski definition) is 2. The molecule has 3 amide bonds. The standard InChI is InChI=1S/C25H26ClN3O4/c1-33-20-10-6-5-9-19(20)28-23(30)17-13-11-16(12-14-17)15-27-22-21(26)24(31)29(25(22)32)18-7-3-2-4-8-18/h5-6,9-14,18,27H,2-4,7-8,15H2,1H3,(H,28,30). The highest BCUT2D eigenvalue weighted by atomic mass is 35.5. The molecule has 0 atom stereocenters. The summed E-state index contributed by atoms with van der Waals surface area (Å²) in [6.07, 6.45) is 4.81. The van der Waals surface area contributed by atoms with Crippen LogP contribution in [0.25, 0.3) is 0 Å². The Morgan fingerprint density at radius 1 is 1.03 bits per heavy atom. The smallest absolute Gasteiger partial charge is 0.278 e. The topological polar surface area (TPSA) is 87.7 Å². The van der Waals surface area contributed by atoms with Crippen molar-refractivity contribution in [3.63, 3.8) is 0 Å². The van der Waals surface area contributed by atoms with Crippen molar-refractivity contribution in [1.29, 1.82) is 0 Å². The van der Waals surface area contributed by atoms with Gasteiger partial charge in [0.2, 0.25) is 0 Å². The number of carbonyl (C=O) groups excluding carboxylic acids is 3. The number of imide groups is 1. The van der Waals surface area contributed by atoms with Crippen molar-refractivity contribution in [2.45, 2.75) is 44.7 Å². The summed E-state index contributed by atoms with van der Waals surface area (Å²) in [5, 5.41) is 5.80. The van der Waals surface area contributed by atoms with Gasteiger partial charge in [0.15, 0.2) is 0 Å². The maximum Gasteiger partial charge on any atom is 0.278 e. The van der Waals surface area contributed by atoms with Gasteiger partial charge in [0.05, 0.1) is 12.8 Å². The average Bonchev–Trinajstić information content (AvgIpc) is 3.06. The van der Waals surface area contributed by atoms with Crippen LogP contribution in [-0.2, 0) is 16.1 Å². The molecule has 2 aliphatic rings. The summed E-state index contributed by atoms with van der Waals surface area (Å²) in [6, 6.07) is 14.1. The first-order chi connectivity index (χ1) is 16.0. The summed E-state index contributed by atoms with van der Waals surface area (Å²) < 4.78 is 5.26. The largest absolute Gasteiger partial charge is 0.495 e. The van der Waals surface area contributed by atoms with Crippen LogP contribution in [0.2, 0.25) is 0 Å². The Bertz CT molecular complexity index is 1090. The summed E-state index contributed by atoms with van der Waals surface area (Å²) in [5.41, 5.74) is 2.06. The van der Waals surface area contributed by atoms with E-state index in [0.29, 0.717) is 23.5 Å². The Balaban J connectivity index is 1.38. The fourth-order valence-corrected chi connectivity index (χ4v) is 4.49. The van der Waals surface area contributed by atoms with E-state index in [0.717, 1.165) is 37.7 Å².